The number of nitrogens with one attached hydrogen (secondary N) is 1. The van der Waals surface area contributed by atoms with Gasteiger partial charge in [-0.15, -0.1) is 0 Å². The number of hydrogen-bond donors (Lipinski definition) is 1. The number of unbranched alkanes of at least 4 members (excludes halogenated alkanes) is 2. The Morgan fingerprint density at radius 2 is 2.15 bits per heavy atom. The molecule has 0 radical (unpaired) electrons. The quantitative estimate of drug-likeness (QED) is 0.508. The first-order chi connectivity index (χ1) is 9.67. The number of rotatable bonds is 5. The lowest BCUT2D eigenvalue weighted by Gasteiger charge is -2.04. The zero-order valence-corrected chi connectivity index (χ0v) is 11.9. The van der Waals surface area contributed by atoms with E-state index in [1.165, 1.54) is 7.11 Å². The number of amides is 1. The molecule has 0 aliphatic rings. The summed E-state index contributed by atoms with van der Waals surface area (Å²) in [5.74, 6) is 5.31. The Kier molecular flexibility index (Phi) is 6.91. The van der Waals surface area contributed by atoms with Crippen LogP contribution in [-0.2, 0) is 9.53 Å². The fraction of sp³-hybridized carbons (Fsp3) is 0.375. The van der Waals surface area contributed by atoms with Gasteiger partial charge in [0.25, 0.3) is 5.91 Å². The van der Waals surface area contributed by atoms with Crippen LogP contribution in [0.1, 0.15) is 42.1 Å². The van der Waals surface area contributed by atoms with Gasteiger partial charge in [0.2, 0.25) is 0 Å². The van der Waals surface area contributed by atoms with Crippen LogP contribution in [-0.4, -0.2) is 25.5 Å². The number of ether oxygens (including phenoxy) is 1. The zero-order valence-electron chi connectivity index (χ0n) is 11.9. The van der Waals surface area contributed by atoms with Gasteiger partial charge in [0.15, 0.2) is 0 Å². The molecule has 106 valence electrons. The Balaban J connectivity index is 2.64. The van der Waals surface area contributed by atoms with Crippen molar-refractivity contribution in [1.82, 2.24) is 5.32 Å². The summed E-state index contributed by atoms with van der Waals surface area (Å²) in [5, 5.41) is 2.49. The number of esters is 1. The van der Waals surface area contributed by atoms with Crippen molar-refractivity contribution in [3.63, 3.8) is 0 Å². The molecule has 20 heavy (non-hydrogen) atoms. The van der Waals surface area contributed by atoms with Crippen LogP contribution in [0, 0.1) is 11.8 Å². The van der Waals surface area contributed by atoms with Crippen LogP contribution in [0.5, 0.6) is 0 Å². The van der Waals surface area contributed by atoms with E-state index < -0.39 is 5.97 Å². The van der Waals surface area contributed by atoms with Gasteiger partial charge < -0.3 is 10.1 Å². The summed E-state index contributed by atoms with van der Waals surface area (Å²) in [7, 11) is 1.28. The molecule has 0 saturated heterocycles. The normalized spacial score (nSPS) is 9.30. The molecule has 4 nitrogen and oxygen atoms in total. The van der Waals surface area contributed by atoms with Crippen LogP contribution in [0.3, 0.4) is 0 Å². The summed E-state index contributed by atoms with van der Waals surface area (Å²) in [6.45, 7) is 1.98. The van der Waals surface area contributed by atoms with Crippen molar-refractivity contribution in [1.29, 1.82) is 0 Å². The number of benzene rings is 1. The van der Waals surface area contributed by atoms with Gasteiger partial charge in [-0.25, -0.2) is 0 Å². The molecule has 0 fully saturated rings. The lowest BCUT2D eigenvalue weighted by atomic mass is 10.1. The van der Waals surface area contributed by atoms with Crippen LogP contribution >= 0.6 is 0 Å². The first-order valence-electron chi connectivity index (χ1n) is 6.61. The molecule has 1 N–H and O–H groups in total. The number of hydrogen-bond acceptors (Lipinski definition) is 3. The van der Waals surface area contributed by atoms with Crippen LogP contribution in [0.4, 0.5) is 0 Å². The third kappa shape index (κ3) is 5.57. The van der Waals surface area contributed by atoms with Crippen molar-refractivity contribution in [2.75, 3.05) is 13.7 Å². The maximum atomic E-state index is 11.8. The topological polar surface area (TPSA) is 55.4 Å². The SMILES string of the molecule is CCCCC#Cc1cccc(C(=O)NCC(=O)OC)c1. The van der Waals surface area contributed by atoms with Gasteiger partial charge in [-0.05, 0) is 24.6 Å². The Bertz CT molecular complexity index is 526. The van der Waals surface area contributed by atoms with Gasteiger partial charge in [-0.1, -0.05) is 31.3 Å². The third-order valence-corrected chi connectivity index (χ3v) is 2.63. The standard InChI is InChI=1S/C16H19NO3/c1-3-4-5-6-8-13-9-7-10-14(11-13)16(19)17-12-15(18)20-2/h7,9-11H,3-5,12H2,1-2H3,(H,17,19). The van der Waals surface area contributed by atoms with Gasteiger partial charge in [-0.2, -0.15) is 0 Å². The summed E-state index contributed by atoms with van der Waals surface area (Å²) >= 11 is 0. The van der Waals surface area contributed by atoms with Crippen molar-refractivity contribution >= 4 is 11.9 Å². The maximum Gasteiger partial charge on any atom is 0.325 e. The second kappa shape index (κ2) is 8.76. The minimum Gasteiger partial charge on any atom is -0.468 e. The van der Waals surface area contributed by atoms with Crippen molar-refractivity contribution in [3.8, 4) is 11.8 Å². The highest BCUT2D eigenvalue weighted by Crippen LogP contribution is 2.04. The maximum absolute atomic E-state index is 11.8. The molecule has 0 aliphatic heterocycles. The summed E-state index contributed by atoms with van der Waals surface area (Å²) < 4.78 is 4.46. The predicted molar refractivity (Wildman–Crippen MR) is 77.2 cm³/mol. The minimum atomic E-state index is -0.478. The molecule has 1 rings (SSSR count). The average Bonchev–Trinajstić information content (AvgIpc) is 2.49. The Labute approximate surface area is 119 Å². The van der Waals surface area contributed by atoms with Crippen LogP contribution in [0.15, 0.2) is 24.3 Å². The van der Waals surface area contributed by atoms with E-state index in [9.17, 15) is 9.59 Å². The Morgan fingerprint density at radius 1 is 1.35 bits per heavy atom. The largest absolute Gasteiger partial charge is 0.468 e. The molecule has 0 aromatic heterocycles. The first kappa shape index (κ1) is 15.8. The molecule has 0 unspecified atom stereocenters. The van der Waals surface area contributed by atoms with E-state index in [1.807, 2.05) is 6.07 Å². The lowest BCUT2D eigenvalue weighted by molar-refractivity contribution is -0.139. The molecule has 1 aromatic rings. The van der Waals surface area contributed by atoms with E-state index in [0.717, 1.165) is 24.8 Å². The molecule has 0 atom stereocenters. The van der Waals surface area contributed by atoms with Gasteiger partial charge in [0.05, 0.1) is 7.11 Å². The van der Waals surface area contributed by atoms with Crippen LogP contribution in [0.25, 0.3) is 0 Å². The molecule has 4 heteroatoms. The van der Waals surface area contributed by atoms with E-state index in [1.54, 1.807) is 18.2 Å². The second-order valence-electron chi connectivity index (χ2n) is 4.24. The molecule has 0 saturated carbocycles. The molecule has 0 heterocycles. The molecule has 1 amide bonds. The summed E-state index contributed by atoms with van der Waals surface area (Å²) in [5.41, 5.74) is 1.28. The van der Waals surface area contributed by atoms with Gasteiger partial charge in [-0.3, -0.25) is 9.59 Å². The lowest BCUT2D eigenvalue weighted by Crippen LogP contribution is -2.30. The third-order valence-electron chi connectivity index (χ3n) is 2.63. The van der Waals surface area contributed by atoms with Crippen LogP contribution in [0.2, 0.25) is 0 Å². The number of carbonyl (C=O) groups excluding carboxylic acids is 2. The molecular weight excluding hydrogens is 254 g/mol. The highest BCUT2D eigenvalue weighted by molar-refractivity contribution is 5.96. The van der Waals surface area contributed by atoms with Crippen molar-refractivity contribution in [2.45, 2.75) is 26.2 Å². The van der Waals surface area contributed by atoms with Crippen molar-refractivity contribution in [3.05, 3.63) is 35.4 Å². The second-order valence-corrected chi connectivity index (χ2v) is 4.24. The van der Waals surface area contributed by atoms with E-state index in [-0.39, 0.29) is 12.5 Å². The first-order valence-corrected chi connectivity index (χ1v) is 6.61. The van der Waals surface area contributed by atoms with E-state index >= 15 is 0 Å². The van der Waals surface area contributed by atoms with Crippen LogP contribution < -0.4 is 5.32 Å². The zero-order chi connectivity index (χ0) is 14.8. The highest BCUT2D eigenvalue weighted by Gasteiger charge is 2.07. The Hall–Kier alpha value is -2.28. The van der Waals surface area contributed by atoms with E-state index in [4.69, 9.17) is 0 Å². The highest BCUT2D eigenvalue weighted by atomic mass is 16.5. The monoisotopic (exact) mass is 273 g/mol. The molecule has 0 spiro atoms. The van der Waals surface area contributed by atoms with Gasteiger partial charge in [0, 0.05) is 17.5 Å². The number of carbonyl (C=O) groups is 2. The summed E-state index contributed by atoms with van der Waals surface area (Å²) in [4.78, 5) is 22.8. The average molecular weight is 273 g/mol. The summed E-state index contributed by atoms with van der Waals surface area (Å²) in [6, 6.07) is 7.03. The van der Waals surface area contributed by atoms with E-state index in [2.05, 4.69) is 28.8 Å². The summed E-state index contributed by atoms with van der Waals surface area (Å²) in [6.07, 6.45) is 3.05. The predicted octanol–water partition coefficient (Wildman–Crippen LogP) is 2.13. The minimum absolute atomic E-state index is 0.137. The van der Waals surface area contributed by atoms with Gasteiger partial charge >= 0.3 is 5.97 Å². The number of methoxy groups -OCH3 is 1. The van der Waals surface area contributed by atoms with Crippen molar-refractivity contribution < 1.29 is 14.3 Å². The van der Waals surface area contributed by atoms with Crippen molar-refractivity contribution in [2.24, 2.45) is 0 Å². The van der Waals surface area contributed by atoms with Gasteiger partial charge in [0.1, 0.15) is 6.54 Å². The fourth-order valence-corrected chi connectivity index (χ4v) is 1.49. The molecule has 0 aliphatic carbocycles. The fourth-order valence-electron chi connectivity index (χ4n) is 1.49. The molecular formula is C16H19NO3. The Morgan fingerprint density at radius 3 is 2.85 bits per heavy atom. The molecule has 0 bridgehead atoms. The molecule has 1 aromatic carbocycles. The van der Waals surface area contributed by atoms with E-state index in [0.29, 0.717) is 5.56 Å². The smallest absolute Gasteiger partial charge is 0.325 e.